The first-order valence-electron chi connectivity index (χ1n) is 5.49. The molecule has 0 amide bonds. The molecule has 0 radical (unpaired) electrons. The van der Waals surface area contributed by atoms with Crippen LogP contribution in [-0.4, -0.2) is 11.5 Å². The molecule has 90 valence electrons. The van der Waals surface area contributed by atoms with Crippen molar-refractivity contribution < 1.29 is 9.42 Å². The Morgan fingerprint density at radius 2 is 1.29 bits per heavy atom. The van der Waals surface area contributed by atoms with Crippen molar-refractivity contribution in [2.45, 2.75) is 6.92 Å². The van der Waals surface area contributed by atoms with E-state index in [0.717, 1.165) is 0 Å². The lowest BCUT2D eigenvalue weighted by Crippen LogP contribution is -1.73. The van der Waals surface area contributed by atoms with Gasteiger partial charge in [0, 0.05) is 0 Å². The minimum Gasteiger partial charge on any atom is -0.352 e. The fraction of sp³-hybridized carbons (Fsp3) is 0.143. The lowest BCUT2D eigenvalue weighted by Gasteiger charge is -1.98. The molecular weight excluding hydrogens is 231 g/mol. The Morgan fingerprint density at radius 1 is 0.882 bits per heavy atom. The summed E-state index contributed by atoms with van der Waals surface area (Å²) < 4.78 is 4.42. The maximum absolute atomic E-state index is 7.87. The summed E-state index contributed by atoms with van der Waals surface area (Å²) in [7, 11) is -0.342. The van der Waals surface area contributed by atoms with Gasteiger partial charge in [0.1, 0.15) is 0 Å². The van der Waals surface area contributed by atoms with Gasteiger partial charge in [-0.15, -0.1) is 0 Å². The lowest BCUT2D eigenvalue weighted by molar-refractivity contribution is 0.348. The zero-order valence-corrected chi connectivity index (χ0v) is 10.8. The van der Waals surface area contributed by atoms with E-state index in [4.69, 9.17) is 4.89 Å². The molecule has 0 fully saturated rings. The van der Waals surface area contributed by atoms with Crippen molar-refractivity contribution in [3.8, 4) is 11.1 Å². The summed E-state index contributed by atoms with van der Waals surface area (Å²) in [4.78, 5) is 7.87. The van der Waals surface area contributed by atoms with Crippen molar-refractivity contribution in [3.63, 3.8) is 0 Å². The Balaban J connectivity index is 0.000000249. The van der Waals surface area contributed by atoms with E-state index in [0.29, 0.717) is 6.61 Å². The maximum atomic E-state index is 7.87. The molecule has 1 unspecified atom stereocenters. The van der Waals surface area contributed by atoms with Crippen LogP contribution in [0.2, 0.25) is 0 Å². The van der Waals surface area contributed by atoms with Gasteiger partial charge in [-0.1, -0.05) is 60.7 Å². The van der Waals surface area contributed by atoms with Crippen LogP contribution in [0.3, 0.4) is 0 Å². The van der Waals surface area contributed by atoms with Gasteiger partial charge < -0.3 is 9.42 Å². The first kappa shape index (κ1) is 13.9. The van der Waals surface area contributed by atoms with Crippen LogP contribution in [-0.2, 0) is 4.52 Å². The molecular formula is C14H17O2P. The number of hydrogen-bond acceptors (Lipinski definition) is 2. The number of rotatable bonds is 3. The van der Waals surface area contributed by atoms with E-state index in [2.05, 4.69) is 53.1 Å². The summed E-state index contributed by atoms with van der Waals surface area (Å²) in [5.41, 5.74) is 2.55. The first-order valence-corrected chi connectivity index (χ1v) is 6.35. The first-order chi connectivity index (χ1) is 8.38. The molecule has 2 nitrogen and oxygen atoms in total. The van der Waals surface area contributed by atoms with Crippen LogP contribution >= 0.6 is 9.03 Å². The molecule has 2 aromatic carbocycles. The smallest absolute Gasteiger partial charge is 0.152 e. The molecule has 0 aliphatic carbocycles. The highest BCUT2D eigenvalue weighted by Crippen LogP contribution is 2.17. The minimum absolute atomic E-state index is 0.342. The third-order valence-corrected chi connectivity index (χ3v) is 2.51. The van der Waals surface area contributed by atoms with E-state index in [1.54, 1.807) is 0 Å². The van der Waals surface area contributed by atoms with E-state index in [1.165, 1.54) is 11.1 Å². The van der Waals surface area contributed by atoms with E-state index in [-0.39, 0.29) is 9.03 Å². The summed E-state index contributed by atoms with van der Waals surface area (Å²) in [6, 6.07) is 20.8. The fourth-order valence-electron chi connectivity index (χ4n) is 1.33. The van der Waals surface area contributed by atoms with Crippen LogP contribution in [0.1, 0.15) is 6.92 Å². The Labute approximate surface area is 104 Å². The van der Waals surface area contributed by atoms with Crippen molar-refractivity contribution in [1.82, 2.24) is 0 Å². The molecule has 0 aliphatic heterocycles. The molecule has 2 aromatic rings. The molecule has 0 saturated heterocycles. The molecule has 0 aliphatic rings. The molecule has 1 N–H and O–H groups in total. The Morgan fingerprint density at radius 3 is 1.53 bits per heavy atom. The van der Waals surface area contributed by atoms with Gasteiger partial charge in [0.15, 0.2) is 9.03 Å². The van der Waals surface area contributed by atoms with Crippen molar-refractivity contribution in [2.75, 3.05) is 6.61 Å². The standard InChI is InChI=1S/C12H10.C2H7O2P/c1-3-7-11(8-4-1)12-9-5-2-6-10-12;1-2-4-5-3/h1-10H;3,5H,2H2,1H3. The van der Waals surface area contributed by atoms with Crippen LogP contribution in [0.25, 0.3) is 11.1 Å². The van der Waals surface area contributed by atoms with Gasteiger partial charge in [0.05, 0.1) is 6.61 Å². The van der Waals surface area contributed by atoms with Crippen molar-refractivity contribution in [3.05, 3.63) is 60.7 Å². The monoisotopic (exact) mass is 248 g/mol. The Kier molecular flexibility index (Phi) is 7.24. The van der Waals surface area contributed by atoms with E-state index < -0.39 is 0 Å². The number of hydrogen-bond donors (Lipinski definition) is 1. The van der Waals surface area contributed by atoms with Gasteiger partial charge in [-0.3, -0.25) is 0 Å². The third-order valence-electron chi connectivity index (χ3n) is 2.09. The highest BCUT2D eigenvalue weighted by Gasteiger charge is 1.91. The zero-order chi connectivity index (χ0) is 12.3. The van der Waals surface area contributed by atoms with Crippen molar-refractivity contribution in [2.24, 2.45) is 0 Å². The van der Waals surface area contributed by atoms with Crippen LogP contribution in [0.5, 0.6) is 0 Å². The van der Waals surface area contributed by atoms with Crippen LogP contribution in [0, 0.1) is 0 Å². The van der Waals surface area contributed by atoms with Gasteiger partial charge in [-0.05, 0) is 18.1 Å². The van der Waals surface area contributed by atoms with Crippen molar-refractivity contribution in [1.29, 1.82) is 0 Å². The summed E-state index contributed by atoms with van der Waals surface area (Å²) in [6.45, 7) is 2.44. The lowest BCUT2D eigenvalue weighted by atomic mass is 10.1. The van der Waals surface area contributed by atoms with E-state index in [1.807, 2.05) is 19.1 Å². The van der Waals surface area contributed by atoms with Gasteiger partial charge in [0.2, 0.25) is 0 Å². The molecule has 0 bridgehead atoms. The topological polar surface area (TPSA) is 29.5 Å². The third kappa shape index (κ3) is 5.60. The predicted molar refractivity (Wildman–Crippen MR) is 74.0 cm³/mol. The molecule has 1 atom stereocenters. The summed E-state index contributed by atoms with van der Waals surface area (Å²) >= 11 is 0. The maximum Gasteiger partial charge on any atom is 0.152 e. The summed E-state index contributed by atoms with van der Waals surface area (Å²) in [5.74, 6) is 0. The van der Waals surface area contributed by atoms with Gasteiger partial charge in [-0.2, -0.15) is 0 Å². The quantitative estimate of drug-likeness (QED) is 0.835. The van der Waals surface area contributed by atoms with Crippen LogP contribution in [0.4, 0.5) is 0 Å². The Hall–Kier alpha value is -1.21. The fourth-order valence-corrected chi connectivity index (χ4v) is 1.45. The highest BCUT2D eigenvalue weighted by atomic mass is 31.1. The second-order valence-corrected chi connectivity index (χ2v) is 3.73. The largest absolute Gasteiger partial charge is 0.352 e. The van der Waals surface area contributed by atoms with Gasteiger partial charge >= 0.3 is 0 Å². The average molecular weight is 248 g/mol. The van der Waals surface area contributed by atoms with E-state index in [9.17, 15) is 0 Å². The molecule has 0 aromatic heterocycles. The zero-order valence-electron chi connectivity index (χ0n) is 9.84. The van der Waals surface area contributed by atoms with Gasteiger partial charge in [0.25, 0.3) is 0 Å². The molecule has 3 heteroatoms. The normalized spacial score (nSPS) is 10.0. The second-order valence-electron chi connectivity index (χ2n) is 3.26. The summed E-state index contributed by atoms with van der Waals surface area (Å²) in [5, 5.41) is 0. The predicted octanol–water partition coefficient (Wildman–Crippen LogP) is 3.88. The highest BCUT2D eigenvalue weighted by molar-refractivity contribution is 7.24. The molecule has 17 heavy (non-hydrogen) atoms. The van der Waals surface area contributed by atoms with Crippen molar-refractivity contribution >= 4 is 9.03 Å². The van der Waals surface area contributed by atoms with E-state index >= 15 is 0 Å². The Bertz CT molecular complexity index is 350. The molecule has 2 rings (SSSR count). The SMILES string of the molecule is CCOPO.c1ccc(-c2ccccc2)cc1. The van der Waals surface area contributed by atoms with Gasteiger partial charge in [-0.25, -0.2) is 0 Å². The average Bonchev–Trinajstić information content (AvgIpc) is 2.42. The minimum atomic E-state index is -0.342. The van der Waals surface area contributed by atoms with Crippen LogP contribution < -0.4 is 0 Å². The molecule has 0 saturated carbocycles. The number of benzene rings is 2. The summed E-state index contributed by atoms with van der Waals surface area (Å²) in [6.07, 6.45) is 0. The second kappa shape index (κ2) is 8.89. The molecule has 0 spiro atoms. The molecule has 0 heterocycles. The van der Waals surface area contributed by atoms with Crippen LogP contribution in [0.15, 0.2) is 60.7 Å².